The molecule has 1 N–H and O–H groups in total. The van der Waals surface area contributed by atoms with Gasteiger partial charge in [-0.15, -0.1) is 0 Å². The zero-order valence-electron chi connectivity index (χ0n) is 13.5. The van der Waals surface area contributed by atoms with Crippen molar-refractivity contribution in [1.29, 1.82) is 0 Å². The molecule has 0 atom stereocenters. The third-order valence-corrected chi connectivity index (χ3v) is 20.0. The molecule has 1 rings (SSSR count). The van der Waals surface area contributed by atoms with Crippen LogP contribution in [-0.4, -0.2) is 23.4 Å². The van der Waals surface area contributed by atoms with Crippen molar-refractivity contribution < 1.29 is 0 Å². The first-order chi connectivity index (χ1) is 9.68. The number of rotatable bonds is 10. The maximum atomic E-state index is 11.4. The molecule has 2 nitrogen and oxygen atoms in total. The van der Waals surface area contributed by atoms with Gasteiger partial charge in [0.15, 0.2) is 0 Å². The Morgan fingerprint density at radius 2 is 1.40 bits per heavy atom. The topological polar surface area (TPSA) is 32.9 Å². The number of hydrogen-bond donors (Lipinski definition) is 1. The van der Waals surface area contributed by atoms with Gasteiger partial charge in [-0.1, -0.05) is 0 Å². The quantitative estimate of drug-likeness (QED) is 0.595. The van der Waals surface area contributed by atoms with Crippen LogP contribution in [0.1, 0.15) is 59.3 Å². The van der Waals surface area contributed by atoms with Gasteiger partial charge in [0.2, 0.25) is 0 Å². The summed E-state index contributed by atoms with van der Waals surface area (Å²) in [6, 6.07) is 3.89. The molecule has 0 saturated carbocycles. The average molecular weight is 384 g/mol. The van der Waals surface area contributed by atoms with Gasteiger partial charge in [0, 0.05) is 0 Å². The molecule has 0 aliphatic rings. The molecule has 0 saturated heterocycles. The number of hydrogen-bond acceptors (Lipinski definition) is 1. The molecule has 20 heavy (non-hydrogen) atoms. The fourth-order valence-corrected chi connectivity index (χ4v) is 18.9. The summed E-state index contributed by atoms with van der Waals surface area (Å²) in [6.45, 7) is 6.88. The van der Waals surface area contributed by atoms with Gasteiger partial charge in [-0.05, 0) is 0 Å². The zero-order valence-corrected chi connectivity index (χ0v) is 16.4. The molecule has 0 fully saturated rings. The van der Waals surface area contributed by atoms with E-state index < -0.39 is 18.4 Å². The fourth-order valence-electron chi connectivity index (χ4n) is 3.09. The molecule has 0 unspecified atom stereocenters. The van der Waals surface area contributed by atoms with Crippen LogP contribution in [0.25, 0.3) is 0 Å². The Hall–Kier alpha value is -0.251. The summed E-state index contributed by atoms with van der Waals surface area (Å²) >= 11 is -2.30. The molecule has 0 aromatic carbocycles. The third-order valence-electron chi connectivity index (χ3n) is 4.42. The van der Waals surface area contributed by atoms with E-state index in [-0.39, 0.29) is 5.56 Å². The van der Waals surface area contributed by atoms with Crippen LogP contribution in [0.2, 0.25) is 13.3 Å². The summed E-state index contributed by atoms with van der Waals surface area (Å²) in [6.07, 6.45) is 10.0. The van der Waals surface area contributed by atoms with Crippen LogP contribution in [-0.2, 0) is 0 Å². The van der Waals surface area contributed by atoms with Gasteiger partial charge in [-0.25, -0.2) is 0 Å². The normalized spacial score (nSPS) is 11.8. The van der Waals surface area contributed by atoms with Crippen molar-refractivity contribution in [2.24, 2.45) is 0 Å². The molecular formula is C17H31NOSn. The predicted octanol–water partition coefficient (Wildman–Crippen LogP) is 4.43. The molecule has 1 heterocycles. The molecule has 0 aliphatic carbocycles. The molecule has 1 aromatic heterocycles. The first kappa shape index (κ1) is 17.8. The second-order valence-electron chi connectivity index (χ2n) is 6.03. The van der Waals surface area contributed by atoms with Crippen LogP contribution in [0.3, 0.4) is 0 Å². The van der Waals surface area contributed by atoms with Gasteiger partial charge >= 0.3 is 128 Å². The predicted molar refractivity (Wildman–Crippen MR) is 91.6 cm³/mol. The van der Waals surface area contributed by atoms with Crippen molar-refractivity contribution in [1.82, 2.24) is 4.98 Å². The van der Waals surface area contributed by atoms with E-state index in [2.05, 4.69) is 38.0 Å². The molecule has 0 radical (unpaired) electrons. The monoisotopic (exact) mass is 385 g/mol. The van der Waals surface area contributed by atoms with Crippen LogP contribution in [0.15, 0.2) is 23.1 Å². The summed E-state index contributed by atoms with van der Waals surface area (Å²) < 4.78 is 5.92. The van der Waals surface area contributed by atoms with E-state index in [0.717, 1.165) is 0 Å². The number of H-pyrrole nitrogens is 1. The minimum atomic E-state index is -2.30. The maximum absolute atomic E-state index is 11.4. The van der Waals surface area contributed by atoms with E-state index in [1.54, 1.807) is 9.65 Å². The number of pyridine rings is 1. The first-order valence-corrected chi connectivity index (χ1v) is 15.9. The Kier molecular flexibility index (Phi) is 8.58. The molecule has 0 amide bonds. The van der Waals surface area contributed by atoms with Crippen LogP contribution in [0, 0.1) is 0 Å². The summed E-state index contributed by atoms with van der Waals surface area (Å²) in [5.74, 6) is 0. The van der Waals surface area contributed by atoms with Crippen LogP contribution >= 0.6 is 0 Å². The van der Waals surface area contributed by atoms with Crippen molar-refractivity contribution in [2.75, 3.05) is 0 Å². The van der Waals surface area contributed by atoms with E-state index in [9.17, 15) is 4.79 Å². The van der Waals surface area contributed by atoms with Crippen molar-refractivity contribution in [3.8, 4) is 0 Å². The second kappa shape index (κ2) is 9.64. The average Bonchev–Trinajstić information content (AvgIpc) is 2.48. The van der Waals surface area contributed by atoms with Crippen LogP contribution < -0.4 is 9.14 Å². The fraction of sp³-hybridized carbons (Fsp3) is 0.706. The summed E-state index contributed by atoms with van der Waals surface area (Å²) in [5.41, 5.74) is 0.0374. The minimum absolute atomic E-state index is 0.0374. The Labute approximate surface area is 128 Å². The van der Waals surface area contributed by atoms with Crippen molar-refractivity contribution in [3.05, 3.63) is 28.7 Å². The molecule has 1 aromatic rings. The second-order valence-corrected chi connectivity index (χ2v) is 19.3. The number of unbranched alkanes of at least 4 members (excludes halogenated alkanes) is 3. The first-order valence-electron chi connectivity index (χ1n) is 8.37. The van der Waals surface area contributed by atoms with Crippen LogP contribution in [0.4, 0.5) is 0 Å². The zero-order chi connectivity index (χ0) is 14.8. The summed E-state index contributed by atoms with van der Waals surface area (Å²) in [7, 11) is 0. The molecule has 0 bridgehead atoms. The van der Waals surface area contributed by atoms with E-state index in [1.165, 1.54) is 51.8 Å². The van der Waals surface area contributed by atoms with E-state index in [0.29, 0.717) is 0 Å². The van der Waals surface area contributed by atoms with Gasteiger partial charge in [0.05, 0.1) is 0 Å². The standard InChI is InChI=1S/C5H4NO.3C4H9.Sn/c7-5-3-1-2-4-6-5;3*1-3-4-2;/h1,3-4H,(H,6,7);3*1,3-4H2,2H3;. The van der Waals surface area contributed by atoms with Crippen molar-refractivity contribution in [2.45, 2.75) is 72.6 Å². The van der Waals surface area contributed by atoms with Gasteiger partial charge < -0.3 is 0 Å². The molecule has 0 aliphatic heterocycles. The molecular weight excluding hydrogens is 353 g/mol. The Morgan fingerprint density at radius 3 is 1.75 bits per heavy atom. The molecule has 114 valence electrons. The SMILES string of the molecule is CCC[CH2][Sn]([CH2]CCC)([CH2]CCC)[c]1ccc(=O)[nH]c1. The van der Waals surface area contributed by atoms with Gasteiger partial charge in [-0.2, -0.15) is 0 Å². The van der Waals surface area contributed by atoms with E-state index in [1.807, 2.05) is 0 Å². The Morgan fingerprint density at radius 1 is 0.900 bits per heavy atom. The van der Waals surface area contributed by atoms with Crippen LogP contribution in [0.5, 0.6) is 0 Å². The van der Waals surface area contributed by atoms with Crippen molar-refractivity contribution in [3.63, 3.8) is 0 Å². The van der Waals surface area contributed by atoms with Gasteiger partial charge in [0.25, 0.3) is 0 Å². The Bertz CT molecular complexity index is 385. The molecule has 0 spiro atoms. The summed E-state index contributed by atoms with van der Waals surface area (Å²) in [5, 5.41) is 0. The molecule has 3 heteroatoms. The van der Waals surface area contributed by atoms with E-state index >= 15 is 0 Å². The summed E-state index contributed by atoms with van der Waals surface area (Å²) in [4.78, 5) is 14.3. The third kappa shape index (κ3) is 5.27. The number of aromatic amines is 1. The van der Waals surface area contributed by atoms with Gasteiger partial charge in [-0.3, -0.25) is 0 Å². The van der Waals surface area contributed by atoms with Crippen molar-refractivity contribution >= 4 is 22.0 Å². The number of nitrogens with one attached hydrogen (secondary N) is 1. The number of aromatic nitrogens is 1. The van der Waals surface area contributed by atoms with E-state index in [4.69, 9.17) is 0 Å². The Balaban J connectivity index is 3.03. The van der Waals surface area contributed by atoms with Gasteiger partial charge in [0.1, 0.15) is 0 Å².